The van der Waals surface area contributed by atoms with Gasteiger partial charge < -0.3 is 14.5 Å². The Balaban J connectivity index is 1.38. The highest BCUT2D eigenvalue weighted by molar-refractivity contribution is 5.78. The molecule has 138 valence electrons. The molecule has 2 aliphatic heterocycles. The number of aromatic nitrogens is 3. The van der Waals surface area contributed by atoms with Crippen LogP contribution in [0.3, 0.4) is 0 Å². The van der Waals surface area contributed by atoms with Crippen LogP contribution in [-0.4, -0.2) is 75.5 Å². The zero-order valence-corrected chi connectivity index (χ0v) is 14.9. The number of amides is 2. The molecule has 2 aliphatic rings. The molecule has 0 atom stereocenters. The average molecular weight is 357 g/mol. The van der Waals surface area contributed by atoms with Crippen LogP contribution in [0, 0.1) is 0 Å². The lowest BCUT2D eigenvalue weighted by atomic mass is 9.87. The van der Waals surface area contributed by atoms with Crippen molar-refractivity contribution in [2.24, 2.45) is 0 Å². The Morgan fingerprint density at radius 2 is 1.81 bits per heavy atom. The van der Waals surface area contributed by atoms with Crippen LogP contribution in [0.4, 0.5) is 0 Å². The number of likely N-dealkylation sites (N-methyl/N-ethyl adjacent to an activating group) is 1. The van der Waals surface area contributed by atoms with Crippen LogP contribution in [0.2, 0.25) is 0 Å². The fourth-order valence-electron chi connectivity index (χ4n) is 3.67. The van der Waals surface area contributed by atoms with Crippen molar-refractivity contribution in [2.75, 3.05) is 33.3 Å². The third-order valence-electron chi connectivity index (χ3n) is 5.37. The second-order valence-electron chi connectivity index (χ2n) is 7.12. The summed E-state index contributed by atoms with van der Waals surface area (Å²) in [6.07, 6.45) is 1.78. The number of piperidine rings is 1. The first-order chi connectivity index (χ1) is 12.5. The number of nitrogens with zero attached hydrogens (tertiary/aromatic N) is 5. The molecule has 4 rings (SSSR count). The van der Waals surface area contributed by atoms with E-state index >= 15 is 0 Å². The Bertz CT molecular complexity index is 792. The molecule has 26 heavy (non-hydrogen) atoms. The van der Waals surface area contributed by atoms with Gasteiger partial charge in [-0.15, -0.1) is 0 Å². The van der Waals surface area contributed by atoms with E-state index in [9.17, 15) is 9.59 Å². The minimum Gasteiger partial charge on any atom is -0.372 e. The van der Waals surface area contributed by atoms with Gasteiger partial charge >= 0.3 is 0 Å². The molecule has 2 aromatic rings. The summed E-state index contributed by atoms with van der Waals surface area (Å²) in [6, 6.07) is 7.56. The van der Waals surface area contributed by atoms with Gasteiger partial charge in [0.25, 0.3) is 0 Å². The number of benzene rings is 1. The van der Waals surface area contributed by atoms with Crippen molar-refractivity contribution < 1.29 is 14.3 Å². The largest absolute Gasteiger partial charge is 0.372 e. The number of ether oxygens (including phenoxy) is 1. The Labute approximate surface area is 151 Å². The number of hydrogen-bond donors (Lipinski definition) is 0. The molecule has 8 heteroatoms. The number of rotatable bonds is 2. The molecular formula is C18H23N5O3. The van der Waals surface area contributed by atoms with E-state index in [4.69, 9.17) is 4.74 Å². The van der Waals surface area contributed by atoms with E-state index in [0.717, 1.165) is 11.0 Å². The third-order valence-corrected chi connectivity index (χ3v) is 5.37. The Kier molecular flexibility index (Phi) is 4.36. The van der Waals surface area contributed by atoms with Crippen LogP contribution in [0.1, 0.15) is 19.3 Å². The Morgan fingerprint density at radius 1 is 1.15 bits per heavy atom. The third kappa shape index (κ3) is 3.29. The Morgan fingerprint density at radius 3 is 2.46 bits per heavy atom. The normalized spacial score (nSPS) is 20.6. The predicted octanol–water partition coefficient (Wildman–Crippen LogP) is 0.671. The summed E-state index contributed by atoms with van der Waals surface area (Å²) in [6.45, 7) is 2.50. The maximum atomic E-state index is 12.6. The molecule has 1 aromatic heterocycles. The van der Waals surface area contributed by atoms with Gasteiger partial charge in [-0.1, -0.05) is 12.1 Å². The maximum absolute atomic E-state index is 12.6. The first-order valence-electron chi connectivity index (χ1n) is 9.00. The summed E-state index contributed by atoms with van der Waals surface area (Å²) in [5.41, 5.74) is 1.15. The molecule has 1 aromatic carbocycles. The highest BCUT2D eigenvalue weighted by Crippen LogP contribution is 2.32. The summed E-state index contributed by atoms with van der Waals surface area (Å²) in [5.74, 6) is 0.118. The van der Waals surface area contributed by atoms with Gasteiger partial charge in [-0.05, 0) is 25.0 Å². The highest BCUT2D eigenvalue weighted by Gasteiger charge is 2.40. The van der Waals surface area contributed by atoms with Crippen molar-refractivity contribution >= 4 is 22.8 Å². The molecule has 3 heterocycles. The molecule has 8 nitrogen and oxygen atoms in total. The summed E-state index contributed by atoms with van der Waals surface area (Å²) in [4.78, 5) is 29.8. The number of hydrogen-bond acceptors (Lipinski definition) is 5. The van der Waals surface area contributed by atoms with Gasteiger partial charge in [0.1, 0.15) is 17.6 Å². The van der Waals surface area contributed by atoms with Crippen LogP contribution in [0.15, 0.2) is 24.3 Å². The van der Waals surface area contributed by atoms with Crippen molar-refractivity contribution in [3.8, 4) is 0 Å². The van der Waals surface area contributed by atoms with Crippen LogP contribution in [-0.2, 0) is 20.9 Å². The lowest BCUT2D eigenvalue weighted by molar-refractivity contribution is -0.141. The van der Waals surface area contributed by atoms with Gasteiger partial charge in [-0.25, -0.2) is 0 Å². The van der Waals surface area contributed by atoms with Crippen LogP contribution in [0.25, 0.3) is 11.0 Å². The zero-order valence-electron chi connectivity index (χ0n) is 14.9. The van der Waals surface area contributed by atoms with E-state index < -0.39 is 5.60 Å². The van der Waals surface area contributed by atoms with Gasteiger partial charge in [0.05, 0.1) is 18.6 Å². The SMILES string of the molecule is CN1CCOC2(CCN(C(=O)Cn3nc4ccccc4n3)CC2)CC1=O. The van der Waals surface area contributed by atoms with E-state index in [1.807, 2.05) is 36.2 Å². The second-order valence-corrected chi connectivity index (χ2v) is 7.12. The average Bonchev–Trinajstić information content (AvgIpc) is 2.98. The molecule has 0 saturated carbocycles. The smallest absolute Gasteiger partial charge is 0.246 e. The minimum atomic E-state index is -0.419. The van der Waals surface area contributed by atoms with Gasteiger partial charge in [-0.3, -0.25) is 9.59 Å². The fourth-order valence-corrected chi connectivity index (χ4v) is 3.67. The van der Waals surface area contributed by atoms with E-state index in [1.54, 1.807) is 4.90 Å². The molecule has 0 N–H and O–H groups in total. The summed E-state index contributed by atoms with van der Waals surface area (Å²) in [5, 5.41) is 8.69. The fraction of sp³-hybridized carbons (Fsp3) is 0.556. The molecule has 0 bridgehead atoms. The van der Waals surface area contributed by atoms with Gasteiger partial charge in [0.2, 0.25) is 11.8 Å². The molecular weight excluding hydrogens is 334 g/mol. The highest BCUT2D eigenvalue weighted by atomic mass is 16.5. The zero-order chi connectivity index (χ0) is 18.1. The standard InChI is InChI=1S/C18H23N5O3/c1-21-10-11-26-18(12-16(21)24)6-8-22(9-7-18)17(25)13-23-19-14-4-2-3-5-15(14)20-23/h2-5H,6-13H2,1H3. The lowest BCUT2D eigenvalue weighted by Crippen LogP contribution is -2.49. The summed E-state index contributed by atoms with van der Waals surface area (Å²) >= 11 is 0. The van der Waals surface area contributed by atoms with Crippen molar-refractivity contribution in [1.82, 2.24) is 24.8 Å². The lowest BCUT2D eigenvalue weighted by Gasteiger charge is -2.40. The molecule has 0 unspecified atom stereocenters. The number of carbonyl (C=O) groups is 2. The number of likely N-dealkylation sites (tertiary alicyclic amines) is 1. The van der Waals surface area contributed by atoms with E-state index in [0.29, 0.717) is 45.5 Å². The quantitative estimate of drug-likeness (QED) is 0.789. The van der Waals surface area contributed by atoms with Crippen molar-refractivity contribution in [1.29, 1.82) is 0 Å². The van der Waals surface area contributed by atoms with Gasteiger partial charge in [0.15, 0.2) is 0 Å². The first-order valence-corrected chi connectivity index (χ1v) is 9.00. The minimum absolute atomic E-state index is 0.00257. The molecule has 1 spiro atoms. The van der Waals surface area contributed by atoms with Gasteiger partial charge in [-0.2, -0.15) is 15.0 Å². The molecule has 2 saturated heterocycles. The predicted molar refractivity (Wildman–Crippen MR) is 94.3 cm³/mol. The first kappa shape index (κ1) is 17.0. The second kappa shape index (κ2) is 6.68. The van der Waals surface area contributed by atoms with E-state index in [-0.39, 0.29) is 18.4 Å². The maximum Gasteiger partial charge on any atom is 0.246 e. The Hall–Kier alpha value is -2.48. The molecule has 0 radical (unpaired) electrons. The summed E-state index contributed by atoms with van der Waals surface area (Å²) in [7, 11) is 1.81. The molecule has 0 aliphatic carbocycles. The molecule has 2 fully saturated rings. The van der Waals surface area contributed by atoms with E-state index in [2.05, 4.69) is 10.2 Å². The van der Waals surface area contributed by atoms with Crippen molar-refractivity contribution in [3.05, 3.63) is 24.3 Å². The van der Waals surface area contributed by atoms with Crippen LogP contribution < -0.4 is 0 Å². The number of fused-ring (bicyclic) bond motifs is 1. The van der Waals surface area contributed by atoms with Crippen molar-refractivity contribution in [2.45, 2.75) is 31.4 Å². The van der Waals surface area contributed by atoms with Crippen LogP contribution >= 0.6 is 0 Å². The summed E-state index contributed by atoms with van der Waals surface area (Å²) < 4.78 is 6.03. The van der Waals surface area contributed by atoms with E-state index in [1.165, 1.54) is 4.80 Å². The topological polar surface area (TPSA) is 80.6 Å². The van der Waals surface area contributed by atoms with Crippen molar-refractivity contribution in [3.63, 3.8) is 0 Å². The monoisotopic (exact) mass is 357 g/mol. The number of carbonyl (C=O) groups excluding carboxylic acids is 2. The van der Waals surface area contributed by atoms with Crippen LogP contribution in [0.5, 0.6) is 0 Å². The molecule has 2 amide bonds. The van der Waals surface area contributed by atoms with Gasteiger partial charge in [0, 0.05) is 26.7 Å².